The Balaban J connectivity index is 1.09. The normalized spacial score (nSPS) is 12.2. The van der Waals surface area contributed by atoms with E-state index < -0.39 is 17.9 Å². The second-order valence-electron chi connectivity index (χ2n) is 13.6. The summed E-state index contributed by atoms with van der Waals surface area (Å²) in [5.74, 6) is 0.718. The van der Waals surface area contributed by atoms with Crippen LogP contribution in [-0.2, 0) is 59.7 Å². The molecule has 0 radical (unpaired) electrons. The molecule has 5 heterocycles. The van der Waals surface area contributed by atoms with Crippen LogP contribution in [0.4, 0.5) is 0 Å². The second-order valence-corrected chi connectivity index (χ2v) is 13.6. The summed E-state index contributed by atoms with van der Waals surface area (Å²) in [6.45, 7) is 0.815. The number of esters is 3. The number of tetrazole rings is 3. The van der Waals surface area contributed by atoms with E-state index in [1.165, 1.54) is 33.0 Å². The summed E-state index contributed by atoms with van der Waals surface area (Å²) in [6, 6.07) is 24.4. The lowest BCUT2D eigenvalue weighted by atomic mass is 9.90. The third-order valence-corrected chi connectivity index (χ3v) is 9.47. The average molecular weight is 797 g/mol. The minimum atomic E-state index is -0.467. The van der Waals surface area contributed by atoms with Gasteiger partial charge in [0, 0.05) is 0 Å². The number of carbonyl (C=O) groups is 3. The minimum Gasteiger partial charge on any atom is -0.453 e. The lowest BCUT2D eigenvalue weighted by Gasteiger charge is -2.18. The minimum absolute atomic E-state index is 0.0512. The first-order valence-electron chi connectivity index (χ1n) is 18.8. The highest BCUT2D eigenvalue weighted by Gasteiger charge is 2.18. The van der Waals surface area contributed by atoms with Crippen molar-refractivity contribution in [2.45, 2.75) is 64.6 Å². The lowest BCUT2D eigenvalue weighted by molar-refractivity contribution is -0.135. The molecule has 0 unspecified atom stereocenters. The molecule has 19 heteroatoms. The Bertz CT molecular complexity index is 2530. The maximum Gasteiger partial charge on any atom is 0.313 e. The smallest absolute Gasteiger partial charge is 0.313 e. The molecule has 3 aromatic heterocycles. The Kier molecular flexibility index (Phi) is 11.7. The zero-order valence-corrected chi connectivity index (χ0v) is 31.5. The summed E-state index contributed by atoms with van der Waals surface area (Å²) in [4.78, 5) is 38.6. The van der Waals surface area contributed by atoms with E-state index in [-0.39, 0.29) is 44.6 Å². The number of ether oxygens (including phenoxy) is 4. The van der Waals surface area contributed by atoms with Crippen molar-refractivity contribution in [1.82, 2.24) is 60.6 Å². The fourth-order valence-electron chi connectivity index (χ4n) is 6.49. The van der Waals surface area contributed by atoms with Crippen LogP contribution in [0.25, 0.3) is 11.1 Å². The molecule has 0 spiro atoms. The van der Waals surface area contributed by atoms with Crippen molar-refractivity contribution in [2.75, 3.05) is 0 Å². The average Bonchev–Trinajstić information content (AvgIpc) is 4.07. The van der Waals surface area contributed by atoms with E-state index in [1.54, 1.807) is 18.2 Å². The molecule has 4 aromatic carbocycles. The molecule has 0 saturated heterocycles. The molecule has 9 rings (SSSR count). The Morgan fingerprint density at radius 2 is 1.00 bits per heavy atom. The van der Waals surface area contributed by atoms with Crippen molar-refractivity contribution in [1.29, 1.82) is 0 Å². The first-order chi connectivity index (χ1) is 28.9. The molecule has 0 atom stereocenters. The fraction of sp³-hybridized carbons (Fsp3) is 0.250. The third kappa shape index (κ3) is 10.2. The molecule has 7 aromatic rings. The highest BCUT2D eigenvalue weighted by Crippen LogP contribution is 2.37. The monoisotopic (exact) mass is 796 g/mol. The molecule has 0 fully saturated rings. The zero-order valence-electron chi connectivity index (χ0n) is 31.5. The maximum absolute atomic E-state index is 12.9. The van der Waals surface area contributed by atoms with E-state index in [0.717, 1.165) is 33.4 Å². The number of nitrogens with zero attached hydrogens (tertiary/aromatic N) is 12. The number of rotatable bonds is 12. The Labute approximate surface area is 335 Å². The Hall–Kier alpha value is -7.70. The van der Waals surface area contributed by atoms with Crippen LogP contribution < -0.4 is 18.9 Å². The third-order valence-electron chi connectivity index (χ3n) is 9.47. The van der Waals surface area contributed by atoms with Gasteiger partial charge >= 0.3 is 17.9 Å². The van der Waals surface area contributed by atoms with Gasteiger partial charge in [-0.2, -0.15) is 0 Å². The van der Waals surface area contributed by atoms with Gasteiger partial charge in [-0.25, -0.2) is 14.0 Å². The maximum atomic E-state index is 12.9. The van der Waals surface area contributed by atoms with Gasteiger partial charge in [-0.15, -0.1) is 15.3 Å². The Morgan fingerprint density at radius 1 is 0.525 bits per heavy atom. The summed E-state index contributed by atoms with van der Waals surface area (Å²) in [7, 11) is 0. The van der Waals surface area contributed by atoms with Crippen LogP contribution in [-0.4, -0.2) is 78.5 Å². The van der Waals surface area contributed by atoms with Gasteiger partial charge in [0.05, 0.1) is 38.9 Å². The van der Waals surface area contributed by atoms with Crippen molar-refractivity contribution >= 4 is 17.9 Å². The SMILES string of the molecule is O=C(CCn1cnnn1)Oc1ccc2c(c1)CCc1ccc(cc1)Oc1cc(ccc1OC(=O)CCn1cnnn1)CCc1cc(OC(=O)CCn3cnnn3)ccc1-2. The second kappa shape index (κ2) is 18.0. The van der Waals surface area contributed by atoms with E-state index in [4.69, 9.17) is 18.9 Å². The van der Waals surface area contributed by atoms with Crippen LogP contribution in [0.5, 0.6) is 28.7 Å². The molecular formula is C40H36N12O7. The molecule has 59 heavy (non-hydrogen) atoms. The lowest BCUT2D eigenvalue weighted by Crippen LogP contribution is -2.13. The molecule has 0 saturated carbocycles. The van der Waals surface area contributed by atoms with Crippen LogP contribution >= 0.6 is 0 Å². The van der Waals surface area contributed by atoms with Crippen LogP contribution in [0.15, 0.2) is 97.8 Å². The molecule has 19 nitrogen and oxygen atoms in total. The first kappa shape index (κ1) is 38.2. The van der Waals surface area contributed by atoms with Crippen LogP contribution in [0, 0.1) is 0 Å². The van der Waals surface area contributed by atoms with E-state index in [2.05, 4.69) is 46.6 Å². The summed E-state index contributed by atoms with van der Waals surface area (Å²) >= 11 is 0. The first-order valence-corrected chi connectivity index (χ1v) is 18.8. The largest absolute Gasteiger partial charge is 0.453 e. The molecule has 0 amide bonds. The Morgan fingerprint density at radius 3 is 1.49 bits per heavy atom. The number of fused-ring (bicyclic) bond motifs is 4. The molecule has 0 N–H and O–H groups in total. The van der Waals surface area contributed by atoms with Crippen LogP contribution in [0.2, 0.25) is 0 Å². The molecule has 0 aliphatic carbocycles. The summed E-state index contributed by atoms with van der Waals surface area (Å²) in [5, 5.41) is 33.1. The summed E-state index contributed by atoms with van der Waals surface area (Å²) in [5.41, 5.74) is 5.71. The highest BCUT2D eigenvalue weighted by molar-refractivity contribution is 5.77. The highest BCUT2D eigenvalue weighted by atomic mass is 16.6. The van der Waals surface area contributed by atoms with Crippen molar-refractivity contribution in [3.05, 3.63) is 120 Å². The number of hydrogen-bond acceptors (Lipinski definition) is 16. The quantitative estimate of drug-likeness (QED) is 0.126. The number of benzene rings is 4. The van der Waals surface area contributed by atoms with Crippen LogP contribution in [0.1, 0.15) is 41.5 Å². The summed E-state index contributed by atoms with van der Waals surface area (Å²) < 4.78 is 28.1. The molecule has 4 bridgehead atoms. The predicted octanol–water partition coefficient (Wildman–Crippen LogP) is 3.98. The van der Waals surface area contributed by atoms with Gasteiger partial charge in [0.1, 0.15) is 36.2 Å². The zero-order chi connectivity index (χ0) is 40.4. The molecule has 298 valence electrons. The van der Waals surface area contributed by atoms with Crippen molar-refractivity contribution in [3.8, 4) is 39.9 Å². The van der Waals surface area contributed by atoms with E-state index in [0.29, 0.717) is 48.7 Å². The fourth-order valence-corrected chi connectivity index (χ4v) is 6.49. The molecule has 2 aliphatic heterocycles. The number of aryl methyl sites for hydroxylation is 7. The van der Waals surface area contributed by atoms with Crippen molar-refractivity contribution in [2.24, 2.45) is 0 Å². The van der Waals surface area contributed by atoms with E-state index >= 15 is 0 Å². The van der Waals surface area contributed by atoms with Gasteiger partial charge in [0.2, 0.25) is 0 Å². The number of carbonyl (C=O) groups excluding carboxylic acids is 3. The standard InChI is InChI=1S/C40H36N12O7/c53-38(15-18-50-24-41-44-47-50)57-32-10-12-34-29(22-32)6-1-27-3-8-31(9-4-27)56-37-21-28(5-14-36(37)59-40(55)17-20-52-26-43-46-49-52)2-7-30-23-33(11-13-35(30)34)58-39(54)16-19-51-25-42-45-48-51/h3-5,8-14,21-26H,1-2,6-7,15-20H2. The van der Waals surface area contributed by atoms with E-state index in [9.17, 15) is 14.4 Å². The van der Waals surface area contributed by atoms with Crippen molar-refractivity contribution in [3.63, 3.8) is 0 Å². The molecular weight excluding hydrogens is 761 g/mol. The summed E-state index contributed by atoms with van der Waals surface area (Å²) in [6.07, 6.45) is 6.88. The predicted molar refractivity (Wildman–Crippen MR) is 204 cm³/mol. The van der Waals surface area contributed by atoms with Gasteiger partial charge in [0.15, 0.2) is 11.5 Å². The number of aromatic nitrogens is 12. The van der Waals surface area contributed by atoms with Gasteiger partial charge in [-0.3, -0.25) is 14.4 Å². The van der Waals surface area contributed by atoms with Crippen LogP contribution in [0.3, 0.4) is 0 Å². The van der Waals surface area contributed by atoms with Crippen molar-refractivity contribution < 1.29 is 33.3 Å². The van der Waals surface area contributed by atoms with Gasteiger partial charge in [0.25, 0.3) is 0 Å². The van der Waals surface area contributed by atoms with E-state index in [1.807, 2.05) is 60.7 Å². The number of hydrogen-bond donors (Lipinski definition) is 0. The van der Waals surface area contributed by atoms with Gasteiger partial charge in [-0.05, 0) is 139 Å². The molecule has 2 aliphatic rings. The van der Waals surface area contributed by atoms with Gasteiger partial charge in [-0.1, -0.05) is 30.3 Å². The van der Waals surface area contributed by atoms with Gasteiger partial charge < -0.3 is 18.9 Å². The topological polar surface area (TPSA) is 219 Å².